The molecule has 1 heterocycles. The second-order valence-corrected chi connectivity index (χ2v) is 5.03. The van der Waals surface area contributed by atoms with E-state index in [0.717, 1.165) is 13.0 Å². The zero-order chi connectivity index (χ0) is 14.5. The van der Waals surface area contributed by atoms with Gasteiger partial charge in [0.05, 0.1) is 10.0 Å². The third-order valence-electron chi connectivity index (χ3n) is 2.56. The average Bonchev–Trinajstić information content (AvgIpc) is 2.40. The van der Waals surface area contributed by atoms with Crippen molar-refractivity contribution in [2.45, 2.75) is 13.3 Å². The Labute approximate surface area is 127 Å². The van der Waals surface area contributed by atoms with Crippen molar-refractivity contribution in [3.63, 3.8) is 0 Å². The second kappa shape index (κ2) is 6.77. The molecule has 2 aromatic rings. The Bertz CT molecular complexity index is 605. The summed E-state index contributed by atoms with van der Waals surface area (Å²) in [7, 11) is 0. The van der Waals surface area contributed by atoms with Crippen molar-refractivity contribution in [2.24, 2.45) is 0 Å². The lowest BCUT2D eigenvalue weighted by Gasteiger charge is -2.12. The molecule has 20 heavy (non-hydrogen) atoms. The maximum absolute atomic E-state index is 13.2. The van der Waals surface area contributed by atoms with Gasteiger partial charge in [-0.15, -0.1) is 0 Å². The molecule has 0 aliphatic rings. The number of nitrogens with zero attached hydrogens (tertiary/aromatic N) is 1. The van der Waals surface area contributed by atoms with E-state index in [-0.39, 0.29) is 5.82 Å². The predicted octanol–water partition coefficient (Wildman–Crippen LogP) is 5.09. The van der Waals surface area contributed by atoms with Crippen molar-refractivity contribution in [1.29, 1.82) is 0 Å². The normalized spacial score (nSPS) is 10.4. The Balaban J connectivity index is 2.26. The third-order valence-corrected chi connectivity index (χ3v) is 3.14. The summed E-state index contributed by atoms with van der Waals surface area (Å²) >= 11 is 12.2. The minimum absolute atomic E-state index is 0.329. The van der Waals surface area contributed by atoms with Gasteiger partial charge in [-0.2, -0.15) is 0 Å². The van der Waals surface area contributed by atoms with Crippen LogP contribution in [0, 0.1) is 5.82 Å². The predicted molar refractivity (Wildman–Crippen MR) is 82.7 cm³/mol. The molecule has 0 saturated heterocycles. The fourth-order valence-electron chi connectivity index (χ4n) is 1.62. The van der Waals surface area contributed by atoms with E-state index in [0.29, 0.717) is 27.4 Å². The van der Waals surface area contributed by atoms with E-state index in [2.05, 4.69) is 15.6 Å². The highest BCUT2D eigenvalue weighted by Crippen LogP contribution is 2.31. The zero-order valence-corrected chi connectivity index (χ0v) is 12.4. The first-order valence-corrected chi connectivity index (χ1v) is 6.98. The number of halogens is 3. The van der Waals surface area contributed by atoms with E-state index in [1.807, 2.05) is 6.92 Å². The van der Waals surface area contributed by atoms with Gasteiger partial charge in [0.1, 0.15) is 11.6 Å². The molecule has 2 rings (SSSR count). The molecule has 0 radical (unpaired) electrons. The standard InChI is InChI=1S/C14H14Cl2FN3/c1-2-6-18-13-11(15)8-12(16)14(20-13)19-10-5-3-4-9(17)7-10/h3-5,7-8H,2,6H2,1H3,(H2,18,19,20). The summed E-state index contributed by atoms with van der Waals surface area (Å²) < 4.78 is 13.2. The molecule has 6 heteroatoms. The van der Waals surface area contributed by atoms with Crippen molar-refractivity contribution >= 4 is 40.5 Å². The smallest absolute Gasteiger partial charge is 0.151 e. The number of hydrogen-bond donors (Lipinski definition) is 2. The van der Waals surface area contributed by atoms with E-state index in [1.165, 1.54) is 12.1 Å². The lowest BCUT2D eigenvalue weighted by atomic mass is 10.3. The van der Waals surface area contributed by atoms with Gasteiger partial charge >= 0.3 is 0 Å². The molecule has 0 atom stereocenters. The minimum Gasteiger partial charge on any atom is -0.369 e. The Morgan fingerprint density at radius 2 is 1.90 bits per heavy atom. The number of hydrogen-bond acceptors (Lipinski definition) is 3. The Morgan fingerprint density at radius 3 is 2.60 bits per heavy atom. The Hall–Kier alpha value is -1.52. The summed E-state index contributed by atoms with van der Waals surface area (Å²) in [6.45, 7) is 2.80. The van der Waals surface area contributed by atoms with Crippen molar-refractivity contribution in [3.05, 3.63) is 46.2 Å². The molecule has 0 unspecified atom stereocenters. The quantitative estimate of drug-likeness (QED) is 0.807. The van der Waals surface area contributed by atoms with Crippen LogP contribution in [0.3, 0.4) is 0 Å². The molecule has 1 aromatic heterocycles. The van der Waals surface area contributed by atoms with Crippen LogP contribution in [0.15, 0.2) is 30.3 Å². The largest absolute Gasteiger partial charge is 0.369 e. The third kappa shape index (κ3) is 3.74. The topological polar surface area (TPSA) is 37.0 Å². The van der Waals surface area contributed by atoms with Crippen LogP contribution in [0.2, 0.25) is 10.0 Å². The van der Waals surface area contributed by atoms with Crippen LogP contribution in [-0.2, 0) is 0 Å². The summed E-state index contributed by atoms with van der Waals surface area (Å²) in [4.78, 5) is 4.33. The number of aromatic nitrogens is 1. The second-order valence-electron chi connectivity index (χ2n) is 4.21. The van der Waals surface area contributed by atoms with Crippen LogP contribution in [-0.4, -0.2) is 11.5 Å². The number of anilines is 3. The molecule has 0 bridgehead atoms. The lowest BCUT2D eigenvalue weighted by molar-refractivity contribution is 0.628. The Morgan fingerprint density at radius 1 is 1.15 bits per heavy atom. The van der Waals surface area contributed by atoms with Crippen LogP contribution in [0.25, 0.3) is 0 Å². The Kier molecular flexibility index (Phi) is 5.04. The summed E-state index contributed by atoms with van der Waals surface area (Å²) in [6.07, 6.45) is 0.952. The van der Waals surface area contributed by atoms with Gasteiger partial charge in [-0.1, -0.05) is 36.2 Å². The van der Waals surface area contributed by atoms with Gasteiger partial charge in [0.25, 0.3) is 0 Å². The van der Waals surface area contributed by atoms with Gasteiger partial charge in [-0.3, -0.25) is 0 Å². The van der Waals surface area contributed by atoms with E-state index >= 15 is 0 Å². The highest BCUT2D eigenvalue weighted by molar-refractivity contribution is 6.37. The zero-order valence-electron chi connectivity index (χ0n) is 10.9. The molecule has 0 amide bonds. The molecule has 0 fully saturated rings. The van der Waals surface area contributed by atoms with Crippen molar-refractivity contribution < 1.29 is 4.39 Å². The average molecular weight is 314 g/mol. The molecule has 106 valence electrons. The van der Waals surface area contributed by atoms with Gasteiger partial charge in [0, 0.05) is 12.2 Å². The lowest BCUT2D eigenvalue weighted by Crippen LogP contribution is -2.05. The van der Waals surface area contributed by atoms with Crippen LogP contribution in [0.4, 0.5) is 21.7 Å². The number of nitrogens with one attached hydrogen (secondary N) is 2. The first kappa shape index (κ1) is 14.9. The van der Waals surface area contributed by atoms with Crippen molar-refractivity contribution in [1.82, 2.24) is 4.98 Å². The fraction of sp³-hybridized carbons (Fsp3) is 0.214. The summed E-state index contributed by atoms with van der Waals surface area (Å²) in [5, 5.41) is 6.92. The number of benzene rings is 1. The molecule has 0 aliphatic carbocycles. The molecule has 0 spiro atoms. The van der Waals surface area contributed by atoms with Crippen LogP contribution in [0.5, 0.6) is 0 Å². The van der Waals surface area contributed by atoms with Gasteiger partial charge in [-0.05, 0) is 30.7 Å². The van der Waals surface area contributed by atoms with Gasteiger partial charge in [0.2, 0.25) is 0 Å². The van der Waals surface area contributed by atoms with E-state index in [4.69, 9.17) is 23.2 Å². The maximum atomic E-state index is 13.2. The van der Waals surface area contributed by atoms with Gasteiger partial charge < -0.3 is 10.6 Å². The van der Waals surface area contributed by atoms with Gasteiger partial charge in [0.15, 0.2) is 5.82 Å². The van der Waals surface area contributed by atoms with Crippen LogP contribution in [0.1, 0.15) is 13.3 Å². The van der Waals surface area contributed by atoms with Gasteiger partial charge in [-0.25, -0.2) is 9.37 Å². The summed E-state index contributed by atoms with van der Waals surface area (Å²) in [5.41, 5.74) is 0.572. The summed E-state index contributed by atoms with van der Waals surface area (Å²) in [6, 6.07) is 7.68. The van der Waals surface area contributed by atoms with Crippen molar-refractivity contribution in [2.75, 3.05) is 17.2 Å². The van der Waals surface area contributed by atoms with Crippen LogP contribution < -0.4 is 10.6 Å². The van der Waals surface area contributed by atoms with Crippen LogP contribution >= 0.6 is 23.2 Å². The monoisotopic (exact) mass is 313 g/mol. The van der Waals surface area contributed by atoms with Crippen molar-refractivity contribution in [3.8, 4) is 0 Å². The minimum atomic E-state index is -0.329. The highest BCUT2D eigenvalue weighted by Gasteiger charge is 2.09. The molecule has 2 N–H and O–H groups in total. The number of rotatable bonds is 5. The molecule has 0 aliphatic heterocycles. The first-order valence-electron chi connectivity index (χ1n) is 6.22. The first-order chi connectivity index (χ1) is 9.60. The number of pyridine rings is 1. The fourth-order valence-corrected chi connectivity index (χ4v) is 2.10. The maximum Gasteiger partial charge on any atom is 0.151 e. The van der Waals surface area contributed by atoms with E-state index < -0.39 is 0 Å². The molecule has 1 aromatic carbocycles. The highest BCUT2D eigenvalue weighted by atomic mass is 35.5. The molecular weight excluding hydrogens is 300 g/mol. The molecule has 3 nitrogen and oxygen atoms in total. The molecule has 0 saturated carbocycles. The van der Waals surface area contributed by atoms with E-state index in [1.54, 1.807) is 18.2 Å². The molecular formula is C14H14Cl2FN3. The van der Waals surface area contributed by atoms with E-state index in [9.17, 15) is 4.39 Å². The SMILES string of the molecule is CCCNc1nc(Nc2cccc(F)c2)c(Cl)cc1Cl. The summed E-state index contributed by atoms with van der Waals surface area (Å²) in [5.74, 6) is 0.654.